The molecule has 0 spiro atoms. The number of methoxy groups -OCH3 is 1. The number of sulfonamides is 1. The molecular weight excluding hydrogens is 264 g/mol. The van der Waals surface area contributed by atoms with Gasteiger partial charge in [-0.25, -0.2) is 8.42 Å². The highest BCUT2D eigenvalue weighted by Crippen LogP contribution is 2.29. The van der Waals surface area contributed by atoms with Crippen LogP contribution < -0.4 is 10.5 Å². The van der Waals surface area contributed by atoms with Crippen molar-refractivity contribution in [2.75, 3.05) is 19.9 Å². The van der Waals surface area contributed by atoms with Crippen molar-refractivity contribution in [2.24, 2.45) is 0 Å². The van der Waals surface area contributed by atoms with Crippen LogP contribution >= 0.6 is 0 Å². The molecule has 0 unspecified atom stereocenters. The van der Waals surface area contributed by atoms with E-state index in [2.05, 4.69) is 0 Å². The van der Waals surface area contributed by atoms with Crippen LogP contribution in [0.4, 0.5) is 5.69 Å². The van der Waals surface area contributed by atoms with Crippen LogP contribution in [-0.4, -0.2) is 32.9 Å². The van der Waals surface area contributed by atoms with E-state index in [4.69, 9.17) is 10.5 Å². The van der Waals surface area contributed by atoms with Gasteiger partial charge in [0, 0.05) is 18.8 Å². The van der Waals surface area contributed by atoms with Crippen molar-refractivity contribution < 1.29 is 13.2 Å². The predicted molar refractivity (Wildman–Crippen MR) is 76.7 cm³/mol. The minimum atomic E-state index is -3.60. The smallest absolute Gasteiger partial charge is 0.246 e. The van der Waals surface area contributed by atoms with Gasteiger partial charge in [-0.2, -0.15) is 4.31 Å². The number of nitrogen functional groups attached to an aromatic ring is 1. The SMILES string of the molecule is CCC(CC)N(C)S(=O)(=O)c1cc(N)ccc1OC. The van der Waals surface area contributed by atoms with E-state index in [1.165, 1.54) is 17.5 Å². The molecule has 0 radical (unpaired) electrons. The van der Waals surface area contributed by atoms with Crippen LogP contribution in [0, 0.1) is 0 Å². The number of ether oxygens (including phenoxy) is 1. The monoisotopic (exact) mass is 286 g/mol. The molecule has 2 N–H and O–H groups in total. The lowest BCUT2D eigenvalue weighted by molar-refractivity contribution is 0.345. The molecule has 108 valence electrons. The van der Waals surface area contributed by atoms with Crippen molar-refractivity contribution in [2.45, 2.75) is 37.6 Å². The van der Waals surface area contributed by atoms with Gasteiger partial charge in [0.05, 0.1) is 7.11 Å². The maximum Gasteiger partial charge on any atom is 0.246 e. The Balaban J connectivity index is 3.30. The Morgan fingerprint density at radius 1 is 1.32 bits per heavy atom. The van der Waals surface area contributed by atoms with Crippen molar-refractivity contribution in [3.05, 3.63) is 18.2 Å². The van der Waals surface area contributed by atoms with Crippen molar-refractivity contribution in [1.82, 2.24) is 4.31 Å². The van der Waals surface area contributed by atoms with Gasteiger partial charge in [-0.1, -0.05) is 13.8 Å². The summed E-state index contributed by atoms with van der Waals surface area (Å²) in [6, 6.07) is 4.60. The zero-order chi connectivity index (χ0) is 14.6. The predicted octanol–water partition coefficient (Wildman–Crippen LogP) is 2.09. The second-order valence-corrected chi connectivity index (χ2v) is 6.37. The summed E-state index contributed by atoms with van der Waals surface area (Å²) < 4.78 is 31.7. The van der Waals surface area contributed by atoms with Crippen LogP contribution in [0.3, 0.4) is 0 Å². The zero-order valence-electron chi connectivity index (χ0n) is 11.9. The maximum atomic E-state index is 12.6. The number of nitrogens with two attached hydrogens (primary N) is 1. The van der Waals surface area contributed by atoms with Crippen molar-refractivity contribution in [3.8, 4) is 5.75 Å². The molecule has 0 aliphatic heterocycles. The molecule has 1 rings (SSSR count). The van der Waals surface area contributed by atoms with Gasteiger partial charge in [-0.15, -0.1) is 0 Å². The quantitative estimate of drug-likeness (QED) is 0.813. The molecule has 1 aromatic rings. The molecule has 0 saturated heterocycles. The fourth-order valence-corrected chi connectivity index (χ4v) is 3.74. The first-order valence-corrected chi connectivity index (χ1v) is 7.74. The second-order valence-electron chi connectivity index (χ2n) is 4.40. The molecule has 5 nitrogen and oxygen atoms in total. The Kier molecular flexibility index (Phi) is 5.20. The summed E-state index contributed by atoms with van der Waals surface area (Å²) in [5.41, 5.74) is 6.08. The topological polar surface area (TPSA) is 72.6 Å². The molecular formula is C13H22N2O3S. The number of hydrogen-bond acceptors (Lipinski definition) is 4. The largest absolute Gasteiger partial charge is 0.495 e. The van der Waals surface area contributed by atoms with E-state index in [0.717, 1.165) is 12.8 Å². The van der Waals surface area contributed by atoms with E-state index < -0.39 is 10.0 Å². The molecule has 0 aliphatic carbocycles. The minimum absolute atomic E-state index is 0.0314. The van der Waals surface area contributed by atoms with Gasteiger partial charge in [0.15, 0.2) is 0 Å². The highest BCUT2D eigenvalue weighted by atomic mass is 32.2. The Morgan fingerprint density at radius 2 is 1.89 bits per heavy atom. The highest BCUT2D eigenvalue weighted by molar-refractivity contribution is 7.89. The van der Waals surface area contributed by atoms with Crippen LogP contribution in [0.2, 0.25) is 0 Å². The van der Waals surface area contributed by atoms with Crippen LogP contribution in [0.15, 0.2) is 23.1 Å². The lowest BCUT2D eigenvalue weighted by Crippen LogP contribution is -2.36. The molecule has 6 heteroatoms. The average Bonchev–Trinajstić information content (AvgIpc) is 2.39. The lowest BCUT2D eigenvalue weighted by atomic mass is 10.2. The Bertz CT molecular complexity index is 525. The zero-order valence-corrected chi connectivity index (χ0v) is 12.7. The van der Waals surface area contributed by atoms with Crippen molar-refractivity contribution in [3.63, 3.8) is 0 Å². The van der Waals surface area contributed by atoms with Gasteiger partial charge >= 0.3 is 0 Å². The Morgan fingerprint density at radius 3 is 2.37 bits per heavy atom. The van der Waals surface area contributed by atoms with Gasteiger partial charge in [-0.05, 0) is 31.0 Å². The first kappa shape index (κ1) is 15.8. The first-order valence-electron chi connectivity index (χ1n) is 6.30. The number of anilines is 1. The highest BCUT2D eigenvalue weighted by Gasteiger charge is 2.29. The molecule has 0 heterocycles. The summed E-state index contributed by atoms with van der Waals surface area (Å²) in [6.07, 6.45) is 1.52. The molecule has 19 heavy (non-hydrogen) atoms. The fourth-order valence-electron chi connectivity index (χ4n) is 2.05. The summed E-state index contributed by atoms with van der Waals surface area (Å²) in [5, 5.41) is 0. The fraction of sp³-hybridized carbons (Fsp3) is 0.538. The van der Waals surface area contributed by atoms with E-state index in [1.54, 1.807) is 19.2 Å². The third-order valence-electron chi connectivity index (χ3n) is 3.30. The second kappa shape index (κ2) is 6.25. The van der Waals surface area contributed by atoms with E-state index in [9.17, 15) is 8.42 Å². The Labute approximate surface area is 115 Å². The normalized spacial score (nSPS) is 12.1. The molecule has 0 amide bonds. The third-order valence-corrected chi connectivity index (χ3v) is 5.23. The first-order chi connectivity index (χ1) is 8.88. The average molecular weight is 286 g/mol. The number of rotatable bonds is 6. The third kappa shape index (κ3) is 3.19. The van der Waals surface area contributed by atoms with Crippen LogP contribution in [-0.2, 0) is 10.0 Å². The molecule has 0 aromatic heterocycles. The van der Waals surface area contributed by atoms with Gasteiger partial charge in [0.25, 0.3) is 0 Å². The number of benzene rings is 1. The number of hydrogen-bond donors (Lipinski definition) is 1. The number of nitrogens with zero attached hydrogens (tertiary/aromatic N) is 1. The lowest BCUT2D eigenvalue weighted by Gasteiger charge is -2.26. The molecule has 0 atom stereocenters. The van der Waals surface area contributed by atoms with Crippen LogP contribution in [0.1, 0.15) is 26.7 Å². The molecule has 0 aliphatic rings. The Hall–Kier alpha value is -1.27. The minimum Gasteiger partial charge on any atom is -0.495 e. The summed E-state index contributed by atoms with van der Waals surface area (Å²) >= 11 is 0. The van der Waals surface area contributed by atoms with E-state index in [-0.39, 0.29) is 10.9 Å². The van der Waals surface area contributed by atoms with Gasteiger partial charge in [-0.3, -0.25) is 0 Å². The van der Waals surface area contributed by atoms with E-state index in [0.29, 0.717) is 11.4 Å². The van der Waals surface area contributed by atoms with E-state index >= 15 is 0 Å². The summed E-state index contributed by atoms with van der Waals surface area (Å²) in [6.45, 7) is 3.94. The van der Waals surface area contributed by atoms with Gasteiger partial charge in [0.1, 0.15) is 10.6 Å². The summed E-state index contributed by atoms with van der Waals surface area (Å²) in [4.78, 5) is 0.115. The maximum absolute atomic E-state index is 12.6. The summed E-state index contributed by atoms with van der Waals surface area (Å²) in [7, 11) is -0.560. The van der Waals surface area contributed by atoms with E-state index in [1.807, 2.05) is 13.8 Å². The van der Waals surface area contributed by atoms with Crippen molar-refractivity contribution >= 4 is 15.7 Å². The van der Waals surface area contributed by atoms with Crippen LogP contribution in [0.25, 0.3) is 0 Å². The van der Waals surface area contributed by atoms with Crippen molar-refractivity contribution in [1.29, 1.82) is 0 Å². The molecule has 0 saturated carbocycles. The van der Waals surface area contributed by atoms with Crippen LogP contribution in [0.5, 0.6) is 5.75 Å². The molecule has 1 aromatic carbocycles. The standard InChI is InChI=1S/C13H22N2O3S/c1-5-11(6-2)15(3)19(16,17)13-9-10(14)7-8-12(13)18-4/h7-9,11H,5-6,14H2,1-4H3. The molecule has 0 fully saturated rings. The van der Waals surface area contributed by atoms with Gasteiger partial charge in [0.2, 0.25) is 10.0 Å². The summed E-state index contributed by atoms with van der Waals surface area (Å²) in [5.74, 6) is 0.312. The van der Waals surface area contributed by atoms with Gasteiger partial charge < -0.3 is 10.5 Å². The molecule has 0 bridgehead atoms.